The van der Waals surface area contributed by atoms with Gasteiger partial charge < -0.3 is 28.5 Å². The molecule has 0 radical (unpaired) electrons. The lowest BCUT2D eigenvalue weighted by atomic mass is 9.80. The van der Waals surface area contributed by atoms with Crippen LogP contribution in [0, 0.1) is 23.7 Å². The van der Waals surface area contributed by atoms with Crippen LogP contribution in [0.2, 0.25) is 5.04 Å². The topological polar surface area (TPSA) is 66.4 Å². The molecule has 0 saturated heterocycles. The van der Waals surface area contributed by atoms with E-state index in [1.165, 1.54) is 10.4 Å². The van der Waals surface area contributed by atoms with Crippen LogP contribution in [-0.2, 0) is 26.1 Å². The van der Waals surface area contributed by atoms with E-state index >= 15 is 0 Å². The molecule has 0 saturated carbocycles. The Hall–Kier alpha value is -5.46. The molecule has 6 nitrogen and oxygen atoms in total. The summed E-state index contributed by atoms with van der Waals surface area (Å²) in [5, 5.41) is 13.8. The minimum Gasteiger partial charge on any atom is -0.497 e. The van der Waals surface area contributed by atoms with E-state index in [-0.39, 0.29) is 23.0 Å². The predicted molar refractivity (Wildman–Crippen MR) is 254 cm³/mol. The molecule has 1 unspecified atom stereocenters. The van der Waals surface area contributed by atoms with Crippen molar-refractivity contribution in [2.75, 3.05) is 27.4 Å². The van der Waals surface area contributed by atoms with E-state index in [1.54, 1.807) is 14.2 Å². The minimum atomic E-state index is -2.79. The van der Waals surface area contributed by atoms with Crippen molar-refractivity contribution in [3.8, 4) is 23.3 Å². The highest BCUT2D eigenvalue weighted by Crippen LogP contribution is 2.42. The molecule has 62 heavy (non-hydrogen) atoms. The molecule has 0 fully saturated rings. The van der Waals surface area contributed by atoms with Gasteiger partial charge >= 0.3 is 0 Å². The second-order valence-electron chi connectivity index (χ2n) is 17.0. The third kappa shape index (κ3) is 10.8. The van der Waals surface area contributed by atoms with Crippen molar-refractivity contribution in [3.05, 3.63) is 192 Å². The number of benzene rings is 6. The van der Waals surface area contributed by atoms with Crippen LogP contribution in [0.3, 0.4) is 0 Å². The Morgan fingerprint density at radius 3 is 1.50 bits per heavy atom. The van der Waals surface area contributed by atoms with Crippen LogP contribution in [0.5, 0.6) is 11.5 Å². The van der Waals surface area contributed by atoms with Gasteiger partial charge in [0.15, 0.2) is 0 Å². The molecule has 0 spiro atoms. The largest absolute Gasteiger partial charge is 0.497 e. The van der Waals surface area contributed by atoms with Crippen LogP contribution in [0.1, 0.15) is 63.3 Å². The molecule has 0 amide bonds. The van der Waals surface area contributed by atoms with E-state index in [2.05, 4.69) is 124 Å². The molecule has 0 aliphatic heterocycles. The molecule has 1 N–H and O–H groups in total. The first-order valence-corrected chi connectivity index (χ1v) is 23.5. The lowest BCUT2D eigenvalue weighted by Gasteiger charge is -2.43. The Bertz CT molecular complexity index is 2210. The van der Waals surface area contributed by atoms with Gasteiger partial charge in [-0.15, -0.1) is 0 Å². The van der Waals surface area contributed by atoms with E-state index in [0.717, 1.165) is 33.8 Å². The van der Waals surface area contributed by atoms with Gasteiger partial charge in [0.2, 0.25) is 0 Å². The highest BCUT2D eigenvalue weighted by atomic mass is 28.4. The van der Waals surface area contributed by atoms with Gasteiger partial charge in [-0.25, -0.2) is 0 Å². The number of aliphatic hydroxyl groups is 1. The third-order valence-electron chi connectivity index (χ3n) is 11.7. The molecule has 0 heterocycles. The minimum absolute atomic E-state index is 0.178. The molecule has 7 heteroatoms. The highest BCUT2D eigenvalue weighted by molar-refractivity contribution is 6.99. The summed E-state index contributed by atoms with van der Waals surface area (Å²) >= 11 is 0. The number of rotatable bonds is 19. The van der Waals surface area contributed by atoms with Gasteiger partial charge in [0.1, 0.15) is 23.2 Å². The fraction of sp³-hybridized carbons (Fsp3) is 0.309. The Kier molecular flexibility index (Phi) is 16.0. The maximum absolute atomic E-state index is 11.6. The molecule has 6 aromatic rings. The maximum atomic E-state index is 11.6. The van der Waals surface area contributed by atoms with Crippen molar-refractivity contribution in [1.82, 2.24) is 0 Å². The Morgan fingerprint density at radius 1 is 0.581 bits per heavy atom. The van der Waals surface area contributed by atoms with Gasteiger partial charge in [0, 0.05) is 18.4 Å². The average molecular weight is 847 g/mol. The number of hydrogen-bond acceptors (Lipinski definition) is 6. The Balaban J connectivity index is 1.25. The predicted octanol–water partition coefficient (Wildman–Crippen LogP) is 10.2. The standard InChI is InChI=1S/C55H62O6Si/c1-42(28-37-52(56)43(2)40-61-62(54(3,4)5,50-24-16-10-17-25-50)51-26-18-11-19-27-51)53(59-41-44-29-33-48(57-6)34-30-44)38-39-60-55(45-20-12-8-13-21-45,46-22-14-9-15-23-46)47-31-35-49(58-7)36-32-47/h8-27,29-36,42-43,52-53,56H,38-41H2,1-7H3/t42-,43+,52?,53+/m0/s1. The number of methoxy groups -OCH3 is 2. The molecule has 322 valence electrons. The second kappa shape index (κ2) is 21.6. The molecule has 0 bridgehead atoms. The van der Waals surface area contributed by atoms with Crippen molar-refractivity contribution >= 4 is 18.7 Å². The highest BCUT2D eigenvalue weighted by Gasteiger charge is 2.50. The molecule has 4 atom stereocenters. The summed E-state index contributed by atoms with van der Waals surface area (Å²) in [6.07, 6.45) is -0.680. The van der Waals surface area contributed by atoms with E-state index in [1.807, 2.05) is 91.9 Å². The second-order valence-corrected chi connectivity index (χ2v) is 21.3. The fourth-order valence-corrected chi connectivity index (χ4v) is 12.9. The van der Waals surface area contributed by atoms with Crippen LogP contribution < -0.4 is 19.8 Å². The van der Waals surface area contributed by atoms with Crippen LogP contribution in [0.15, 0.2) is 170 Å². The average Bonchev–Trinajstić information content (AvgIpc) is 3.31. The lowest BCUT2D eigenvalue weighted by molar-refractivity contribution is -0.0368. The van der Waals surface area contributed by atoms with Gasteiger partial charge in [0.05, 0.1) is 33.5 Å². The first-order chi connectivity index (χ1) is 30.0. The first kappa shape index (κ1) is 46.0. The summed E-state index contributed by atoms with van der Waals surface area (Å²) in [5.41, 5.74) is 3.11. The van der Waals surface area contributed by atoms with Crippen LogP contribution in [0.4, 0.5) is 0 Å². The molecule has 0 aliphatic rings. The fourth-order valence-electron chi connectivity index (χ4n) is 8.21. The normalized spacial score (nSPS) is 13.9. The zero-order valence-corrected chi connectivity index (χ0v) is 38.3. The van der Waals surface area contributed by atoms with Crippen molar-refractivity contribution in [2.24, 2.45) is 11.8 Å². The third-order valence-corrected chi connectivity index (χ3v) is 16.7. The molecule has 0 aliphatic carbocycles. The van der Waals surface area contributed by atoms with Gasteiger partial charge in [-0.1, -0.05) is 185 Å². The Morgan fingerprint density at radius 2 is 1.03 bits per heavy atom. The van der Waals surface area contributed by atoms with Crippen molar-refractivity contribution in [1.29, 1.82) is 0 Å². The van der Waals surface area contributed by atoms with E-state index < -0.39 is 20.0 Å². The number of aliphatic hydroxyl groups excluding tert-OH is 1. The summed E-state index contributed by atoms with van der Waals surface area (Å²) in [6.45, 7) is 12.0. The summed E-state index contributed by atoms with van der Waals surface area (Å²) in [5.74, 6) is 7.70. The van der Waals surface area contributed by atoms with Crippen LogP contribution in [0.25, 0.3) is 0 Å². The molecule has 6 rings (SSSR count). The zero-order chi connectivity index (χ0) is 44.0. The summed E-state index contributed by atoms with van der Waals surface area (Å²) in [6, 6.07) is 57.9. The van der Waals surface area contributed by atoms with E-state index in [0.29, 0.717) is 26.2 Å². The van der Waals surface area contributed by atoms with Gasteiger partial charge in [0.25, 0.3) is 8.32 Å². The quantitative estimate of drug-likeness (QED) is 0.0498. The van der Waals surface area contributed by atoms with Crippen LogP contribution in [-0.4, -0.2) is 53.1 Å². The molecular weight excluding hydrogens is 785 g/mol. The summed E-state index contributed by atoms with van der Waals surface area (Å²) in [7, 11) is 0.550. The number of ether oxygens (including phenoxy) is 4. The van der Waals surface area contributed by atoms with Gasteiger partial charge in [-0.2, -0.15) is 0 Å². The summed E-state index contributed by atoms with van der Waals surface area (Å²) in [4.78, 5) is 0. The maximum Gasteiger partial charge on any atom is 0.261 e. The molecule has 6 aromatic carbocycles. The zero-order valence-electron chi connectivity index (χ0n) is 37.3. The molecular formula is C55H62O6Si. The molecule has 0 aromatic heterocycles. The van der Waals surface area contributed by atoms with E-state index in [4.69, 9.17) is 23.4 Å². The number of hydrogen-bond donors (Lipinski definition) is 1. The SMILES string of the molecule is COc1ccc(CO[C@H](CCOC(c2ccccc2)(c2ccccc2)c2ccc(OC)cc2)[C@@H](C)C#CC(O)[C@H](C)CO[Si](c2ccccc2)(c2ccccc2)C(C)(C)C)cc1. The lowest BCUT2D eigenvalue weighted by Crippen LogP contribution is -2.67. The smallest absolute Gasteiger partial charge is 0.261 e. The summed E-state index contributed by atoms with van der Waals surface area (Å²) < 4.78 is 32.0. The van der Waals surface area contributed by atoms with Gasteiger partial charge in [-0.3, -0.25) is 0 Å². The van der Waals surface area contributed by atoms with Gasteiger partial charge in [-0.05, 0) is 75.3 Å². The van der Waals surface area contributed by atoms with Crippen molar-refractivity contribution < 1.29 is 28.5 Å². The van der Waals surface area contributed by atoms with Crippen molar-refractivity contribution in [3.63, 3.8) is 0 Å². The van der Waals surface area contributed by atoms with E-state index in [9.17, 15) is 5.11 Å². The van der Waals surface area contributed by atoms with Crippen molar-refractivity contribution in [2.45, 2.75) is 70.5 Å². The van der Waals surface area contributed by atoms with Crippen LogP contribution >= 0.6 is 0 Å². The first-order valence-electron chi connectivity index (χ1n) is 21.6. The Labute approximate surface area is 371 Å². The monoisotopic (exact) mass is 846 g/mol.